The molecule has 1 unspecified atom stereocenters. The summed E-state index contributed by atoms with van der Waals surface area (Å²) in [6.45, 7) is 4.86. The predicted molar refractivity (Wildman–Crippen MR) is 76.8 cm³/mol. The zero-order valence-corrected chi connectivity index (χ0v) is 12.0. The lowest BCUT2D eigenvalue weighted by molar-refractivity contribution is -0.134. The van der Waals surface area contributed by atoms with Crippen LogP contribution >= 0.6 is 0 Å². The fourth-order valence-electron chi connectivity index (χ4n) is 2.41. The van der Waals surface area contributed by atoms with Gasteiger partial charge in [-0.25, -0.2) is 0 Å². The monoisotopic (exact) mass is 289 g/mol. The van der Waals surface area contributed by atoms with E-state index in [0.29, 0.717) is 32.8 Å². The Bertz CT molecular complexity index is 621. The highest BCUT2D eigenvalue weighted by Gasteiger charge is 2.19. The number of ether oxygens (including phenoxy) is 1. The van der Waals surface area contributed by atoms with Gasteiger partial charge in [0.2, 0.25) is 5.91 Å². The fourth-order valence-corrected chi connectivity index (χ4v) is 2.41. The van der Waals surface area contributed by atoms with E-state index in [0.717, 1.165) is 11.5 Å². The maximum atomic E-state index is 12.1. The van der Waals surface area contributed by atoms with Gasteiger partial charge >= 0.3 is 0 Å². The van der Waals surface area contributed by atoms with E-state index in [-0.39, 0.29) is 11.9 Å². The lowest BCUT2D eigenvalue weighted by Gasteiger charge is -2.27. The molecule has 7 heteroatoms. The Morgan fingerprint density at radius 2 is 2.19 bits per heavy atom. The Labute approximate surface area is 122 Å². The summed E-state index contributed by atoms with van der Waals surface area (Å²) in [7, 11) is 0. The molecule has 3 rings (SSSR count). The van der Waals surface area contributed by atoms with Crippen molar-refractivity contribution in [2.24, 2.45) is 0 Å². The van der Waals surface area contributed by atoms with Gasteiger partial charge in [-0.05, 0) is 19.1 Å². The normalized spacial score (nSPS) is 17.1. The van der Waals surface area contributed by atoms with Gasteiger partial charge in [0.25, 0.3) is 0 Å². The highest BCUT2D eigenvalue weighted by atomic mass is 16.5. The van der Waals surface area contributed by atoms with Crippen LogP contribution in [-0.2, 0) is 9.53 Å². The van der Waals surface area contributed by atoms with Crippen LogP contribution in [0.4, 0.5) is 0 Å². The van der Waals surface area contributed by atoms with Crippen molar-refractivity contribution in [2.45, 2.75) is 13.0 Å². The molecule has 0 spiro atoms. The molecule has 1 aliphatic heterocycles. The molecule has 2 aromatic rings. The number of pyridine rings is 1. The molecule has 1 aliphatic rings. The number of hydrogen-bond acceptors (Lipinski definition) is 5. The SMILES string of the molecule is CC(NCC(=O)N1CCOCC1)c1nnc2ccccn12. The fraction of sp³-hybridized carbons (Fsp3) is 0.500. The molecule has 1 amide bonds. The van der Waals surface area contributed by atoms with Crippen LogP contribution in [0.3, 0.4) is 0 Å². The van der Waals surface area contributed by atoms with E-state index in [1.807, 2.05) is 40.6 Å². The molecule has 1 N–H and O–H groups in total. The van der Waals surface area contributed by atoms with Crippen molar-refractivity contribution in [3.05, 3.63) is 30.2 Å². The van der Waals surface area contributed by atoms with E-state index in [9.17, 15) is 4.79 Å². The molecule has 7 nitrogen and oxygen atoms in total. The van der Waals surface area contributed by atoms with E-state index in [1.165, 1.54) is 0 Å². The van der Waals surface area contributed by atoms with Gasteiger partial charge in [0.05, 0.1) is 25.8 Å². The van der Waals surface area contributed by atoms with Gasteiger partial charge in [-0.1, -0.05) is 6.07 Å². The molecule has 1 fully saturated rings. The number of carbonyl (C=O) groups is 1. The average Bonchev–Trinajstić information content (AvgIpc) is 2.97. The highest BCUT2D eigenvalue weighted by molar-refractivity contribution is 5.78. The molecule has 0 radical (unpaired) electrons. The van der Waals surface area contributed by atoms with Crippen molar-refractivity contribution in [3.63, 3.8) is 0 Å². The van der Waals surface area contributed by atoms with Gasteiger partial charge in [0.1, 0.15) is 0 Å². The second kappa shape index (κ2) is 6.19. The Morgan fingerprint density at radius 3 is 3.00 bits per heavy atom. The van der Waals surface area contributed by atoms with E-state index < -0.39 is 0 Å². The second-order valence-corrected chi connectivity index (χ2v) is 5.08. The van der Waals surface area contributed by atoms with Crippen molar-refractivity contribution in [2.75, 3.05) is 32.8 Å². The number of fused-ring (bicyclic) bond motifs is 1. The molecule has 112 valence electrons. The zero-order chi connectivity index (χ0) is 14.7. The van der Waals surface area contributed by atoms with Crippen LogP contribution in [0, 0.1) is 0 Å². The third kappa shape index (κ3) is 3.03. The quantitative estimate of drug-likeness (QED) is 0.873. The van der Waals surface area contributed by atoms with Crippen molar-refractivity contribution >= 4 is 11.6 Å². The summed E-state index contributed by atoms with van der Waals surface area (Å²) >= 11 is 0. The smallest absolute Gasteiger partial charge is 0.236 e. The van der Waals surface area contributed by atoms with Crippen LogP contribution in [0.5, 0.6) is 0 Å². The Balaban J connectivity index is 1.61. The molecule has 0 saturated carbocycles. The van der Waals surface area contributed by atoms with Crippen LogP contribution < -0.4 is 5.32 Å². The number of amides is 1. The van der Waals surface area contributed by atoms with Gasteiger partial charge in [-0.2, -0.15) is 0 Å². The third-order valence-corrected chi connectivity index (χ3v) is 3.65. The first-order chi connectivity index (χ1) is 10.3. The van der Waals surface area contributed by atoms with Gasteiger partial charge in [0.15, 0.2) is 11.5 Å². The Morgan fingerprint density at radius 1 is 1.38 bits per heavy atom. The zero-order valence-electron chi connectivity index (χ0n) is 12.0. The summed E-state index contributed by atoms with van der Waals surface area (Å²) in [5, 5.41) is 11.5. The van der Waals surface area contributed by atoms with Gasteiger partial charge in [-0.3, -0.25) is 14.5 Å². The van der Waals surface area contributed by atoms with E-state index in [1.54, 1.807) is 0 Å². The number of rotatable bonds is 4. The summed E-state index contributed by atoms with van der Waals surface area (Å²) in [6, 6.07) is 5.72. The minimum Gasteiger partial charge on any atom is -0.378 e. The predicted octanol–water partition coefficient (Wildman–Crippen LogP) is 0.239. The Hall–Kier alpha value is -1.99. The van der Waals surface area contributed by atoms with Gasteiger partial charge < -0.3 is 9.64 Å². The molecule has 3 heterocycles. The third-order valence-electron chi connectivity index (χ3n) is 3.65. The maximum absolute atomic E-state index is 12.1. The van der Waals surface area contributed by atoms with E-state index in [4.69, 9.17) is 4.74 Å². The summed E-state index contributed by atoms with van der Waals surface area (Å²) in [6.07, 6.45) is 1.92. The minimum atomic E-state index is -0.0487. The number of morpholine rings is 1. The van der Waals surface area contributed by atoms with E-state index >= 15 is 0 Å². The molecule has 0 aliphatic carbocycles. The van der Waals surface area contributed by atoms with Crippen LogP contribution in [0.15, 0.2) is 24.4 Å². The first-order valence-electron chi connectivity index (χ1n) is 7.14. The van der Waals surface area contributed by atoms with Crippen LogP contribution in [0.25, 0.3) is 5.65 Å². The minimum absolute atomic E-state index is 0.0487. The maximum Gasteiger partial charge on any atom is 0.236 e. The van der Waals surface area contributed by atoms with Crippen molar-refractivity contribution in [1.82, 2.24) is 24.8 Å². The lowest BCUT2D eigenvalue weighted by atomic mass is 10.3. The number of hydrogen-bond donors (Lipinski definition) is 1. The lowest BCUT2D eigenvalue weighted by Crippen LogP contribution is -2.45. The molecule has 0 bridgehead atoms. The van der Waals surface area contributed by atoms with Crippen molar-refractivity contribution in [3.8, 4) is 0 Å². The Kier molecular flexibility index (Phi) is 4.12. The van der Waals surface area contributed by atoms with Crippen LogP contribution in [0.1, 0.15) is 18.8 Å². The molecule has 1 atom stereocenters. The summed E-state index contributed by atoms with van der Waals surface area (Å²) in [5.41, 5.74) is 0.806. The molecular weight excluding hydrogens is 270 g/mol. The molecular formula is C14H19N5O2. The first kappa shape index (κ1) is 14.0. The van der Waals surface area contributed by atoms with E-state index in [2.05, 4.69) is 15.5 Å². The topological polar surface area (TPSA) is 71.8 Å². The average molecular weight is 289 g/mol. The number of nitrogens with zero attached hydrogens (tertiary/aromatic N) is 4. The summed E-state index contributed by atoms with van der Waals surface area (Å²) in [4.78, 5) is 13.9. The van der Waals surface area contributed by atoms with Crippen molar-refractivity contribution < 1.29 is 9.53 Å². The molecule has 1 saturated heterocycles. The highest BCUT2D eigenvalue weighted by Crippen LogP contribution is 2.11. The largest absolute Gasteiger partial charge is 0.378 e. The second-order valence-electron chi connectivity index (χ2n) is 5.08. The molecule has 0 aromatic carbocycles. The molecule has 2 aromatic heterocycles. The van der Waals surface area contributed by atoms with Gasteiger partial charge in [0, 0.05) is 19.3 Å². The van der Waals surface area contributed by atoms with Gasteiger partial charge in [-0.15, -0.1) is 10.2 Å². The first-order valence-corrected chi connectivity index (χ1v) is 7.14. The molecule has 21 heavy (non-hydrogen) atoms. The van der Waals surface area contributed by atoms with Crippen LogP contribution in [-0.4, -0.2) is 58.3 Å². The van der Waals surface area contributed by atoms with Crippen LogP contribution in [0.2, 0.25) is 0 Å². The number of nitrogens with one attached hydrogen (secondary N) is 1. The number of carbonyl (C=O) groups excluding carboxylic acids is 1. The summed E-state index contributed by atoms with van der Waals surface area (Å²) in [5.74, 6) is 0.902. The number of aromatic nitrogens is 3. The van der Waals surface area contributed by atoms with Crippen molar-refractivity contribution in [1.29, 1.82) is 0 Å². The standard InChI is InChI=1S/C14H19N5O2/c1-11(14-17-16-12-4-2-3-5-19(12)14)15-10-13(20)18-6-8-21-9-7-18/h2-5,11,15H,6-10H2,1H3. The summed E-state index contributed by atoms with van der Waals surface area (Å²) < 4.78 is 7.17.